The van der Waals surface area contributed by atoms with E-state index >= 15 is 0 Å². The van der Waals surface area contributed by atoms with Crippen LogP contribution < -0.4 is 19.5 Å². The molecule has 1 aliphatic carbocycles. The number of methoxy groups -OCH3 is 3. The highest BCUT2D eigenvalue weighted by Gasteiger charge is 2.32. The van der Waals surface area contributed by atoms with Crippen molar-refractivity contribution in [1.29, 1.82) is 0 Å². The summed E-state index contributed by atoms with van der Waals surface area (Å²) >= 11 is 0. The van der Waals surface area contributed by atoms with Gasteiger partial charge in [-0.2, -0.15) is 0 Å². The summed E-state index contributed by atoms with van der Waals surface area (Å²) in [6, 6.07) is 3.26. The lowest BCUT2D eigenvalue weighted by atomic mass is 9.97. The van der Waals surface area contributed by atoms with Crippen LogP contribution in [0.3, 0.4) is 0 Å². The van der Waals surface area contributed by atoms with Crippen LogP contribution in [0.25, 0.3) is 0 Å². The monoisotopic (exact) mass is 402 g/mol. The van der Waals surface area contributed by atoms with Crippen LogP contribution >= 0.6 is 0 Å². The summed E-state index contributed by atoms with van der Waals surface area (Å²) in [5.41, 5.74) is 0.581. The molecule has 9 heteroatoms. The number of likely N-dealkylation sites (tertiary alicyclic amines) is 1. The number of hydrogen-bond donors (Lipinski definition) is 1. The van der Waals surface area contributed by atoms with Crippen molar-refractivity contribution in [2.24, 2.45) is 0 Å². The summed E-state index contributed by atoms with van der Waals surface area (Å²) in [4.78, 5) is 14.5. The molecule has 2 fully saturated rings. The summed E-state index contributed by atoms with van der Waals surface area (Å²) in [6.07, 6.45) is 3.88. The van der Waals surface area contributed by atoms with Crippen molar-refractivity contribution in [3.05, 3.63) is 23.9 Å². The lowest BCUT2D eigenvalue weighted by Gasteiger charge is -2.30. The molecule has 156 valence electrons. The van der Waals surface area contributed by atoms with E-state index in [1.165, 1.54) is 0 Å². The predicted octanol–water partition coefficient (Wildman–Crippen LogP) is 3.38. The Morgan fingerprint density at radius 3 is 2.00 bits per heavy atom. The maximum absolute atomic E-state index is 12.7. The van der Waals surface area contributed by atoms with Gasteiger partial charge < -0.3 is 28.8 Å². The largest absolute Gasteiger partial charge is 0.493 e. The molecule has 2 aliphatic rings. The van der Waals surface area contributed by atoms with Crippen molar-refractivity contribution in [2.45, 2.75) is 37.5 Å². The van der Waals surface area contributed by atoms with Crippen LogP contribution in [-0.4, -0.2) is 55.5 Å². The molecule has 1 saturated carbocycles. The van der Waals surface area contributed by atoms with Crippen molar-refractivity contribution in [3.63, 3.8) is 0 Å². The summed E-state index contributed by atoms with van der Waals surface area (Å²) in [6.45, 7) is 1.25. The Morgan fingerprint density at radius 2 is 1.52 bits per heavy atom. The molecule has 1 aliphatic heterocycles. The van der Waals surface area contributed by atoms with Gasteiger partial charge in [-0.1, -0.05) is 0 Å². The first kappa shape index (κ1) is 19.4. The average molecular weight is 402 g/mol. The van der Waals surface area contributed by atoms with Crippen molar-refractivity contribution in [2.75, 3.05) is 39.7 Å². The number of anilines is 1. The molecule has 1 aromatic heterocycles. The van der Waals surface area contributed by atoms with E-state index < -0.39 is 0 Å². The molecule has 0 spiro atoms. The van der Waals surface area contributed by atoms with Gasteiger partial charge in [0.15, 0.2) is 11.5 Å². The number of urea groups is 1. The molecule has 1 N–H and O–H groups in total. The quantitative estimate of drug-likeness (QED) is 0.791. The molecule has 2 heterocycles. The van der Waals surface area contributed by atoms with Gasteiger partial charge in [0.1, 0.15) is 0 Å². The minimum Gasteiger partial charge on any atom is -0.493 e. The number of ether oxygens (including phenoxy) is 3. The van der Waals surface area contributed by atoms with Crippen LogP contribution in [0.4, 0.5) is 10.5 Å². The van der Waals surface area contributed by atoms with E-state index in [1.54, 1.807) is 38.4 Å². The number of hydrogen-bond acceptors (Lipinski definition) is 7. The summed E-state index contributed by atoms with van der Waals surface area (Å²) in [5, 5.41) is 11.3. The Hall–Kier alpha value is -2.97. The zero-order valence-electron chi connectivity index (χ0n) is 16.9. The van der Waals surface area contributed by atoms with Gasteiger partial charge in [0.2, 0.25) is 17.5 Å². The van der Waals surface area contributed by atoms with Crippen molar-refractivity contribution in [3.8, 4) is 17.2 Å². The highest BCUT2D eigenvalue weighted by Crippen LogP contribution is 2.41. The number of nitrogens with zero attached hydrogens (tertiary/aromatic N) is 3. The van der Waals surface area contributed by atoms with E-state index in [9.17, 15) is 4.79 Å². The fourth-order valence-corrected chi connectivity index (χ4v) is 3.59. The van der Waals surface area contributed by atoms with Gasteiger partial charge in [-0.05, 0) is 25.7 Å². The van der Waals surface area contributed by atoms with Gasteiger partial charge in [0, 0.05) is 37.1 Å². The van der Waals surface area contributed by atoms with E-state index in [2.05, 4.69) is 15.5 Å². The Balaban J connectivity index is 1.37. The highest BCUT2D eigenvalue weighted by molar-refractivity contribution is 5.90. The minimum atomic E-state index is -0.165. The molecular weight excluding hydrogens is 376 g/mol. The Kier molecular flexibility index (Phi) is 5.46. The molecule has 0 radical (unpaired) electrons. The number of carbonyl (C=O) groups is 1. The van der Waals surface area contributed by atoms with E-state index in [-0.39, 0.29) is 11.9 Å². The first-order chi connectivity index (χ1) is 14.1. The molecule has 0 bridgehead atoms. The summed E-state index contributed by atoms with van der Waals surface area (Å²) in [7, 11) is 4.62. The van der Waals surface area contributed by atoms with E-state index in [0.29, 0.717) is 47.8 Å². The van der Waals surface area contributed by atoms with Crippen LogP contribution in [0, 0.1) is 0 Å². The van der Waals surface area contributed by atoms with Crippen LogP contribution in [0.2, 0.25) is 0 Å². The Morgan fingerprint density at radius 1 is 0.966 bits per heavy atom. The van der Waals surface area contributed by atoms with Crippen LogP contribution in [0.1, 0.15) is 49.3 Å². The van der Waals surface area contributed by atoms with Gasteiger partial charge in [-0.15, -0.1) is 10.2 Å². The predicted molar refractivity (Wildman–Crippen MR) is 105 cm³/mol. The first-order valence-corrected chi connectivity index (χ1v) is 9.82. The topological polar surface area (TPSA) is 99.0 Å². The van der Waals surface area contributed by atoms with E-state index in [4.69, 9.17) is 18.6 Å². The molecule has 2 aromatic rings. The zero-order chi connectivity index (χ0) is 20.4. The van der Waals surface area contributed by atoms with E-state index in [0.717, 1.165) is 31.6 Å². The van der Waals surface area contributed by atoms with Crippen LogP contribution in [0.5, 0.6) is 17.2 Å². The zero-order valence-corrected chi connectivity index (χ0v) is 16.9. The number of carbonyl (C=O) groups excluding carboxylic acids is 1. The Bertz CT molecular complexity index is 847. The van der Waals surface area contributed by atoms with Crippen LogP contribution in [-0.2, 0) is 0 Å². The fraction of sp³-hybridized carbons (Fsp3) is 0.550. The lowest BCUT2D eigenvalue weighted by molar-refractivity contribution is 0.189. The maximum Gasteiger partial charge on any atom is 0.321 e. The molecule has 0 atom stereocenters. The number of aromatic nitrogens is 2. The highest BCUT2D eigenvalue weighted by atomic mass is 16.5. The van der Waals surface area contributed by atoms with Gasteiger partial charge in [0.25, 0.3) is 0 Å². The van der Waals surface area contributed by atoms with Gasteiger partial charge in [0.05, 0.1) is 27.0 Å². The molecular formula is C20H26N4O5. The first-order valence-electron chi connectivity index (χ1n) is 9.82. The Labute approximate surface area is 169 Å². The maximum atomic E-state index is 12.7. The van der Waals surface area contributed by atoms with Crippen LogP contribution in [0.15, 0.2) is 16.5 Å². The van der Waals surface area contributed by atoms with Gasteiger partial charge >= 0.3 is 6.03 Å². The molecule has 1 saturated heterocycles. The second kappa shape index (κ2) is 8.18. The molecule has 1 aromatic carbocycles. The summed E-state index contributed by atoms with van der Waals surface area (Å²) in [5.74, 6) is 3.60. The number of nitrogens with one attached hydrogen (secondary N) is 1. The number of piperidine rings is 1. The van der Waals surface area contributed by atoms with E-state index in [1.807, 2.05) is 0 Å². The second-order valence-corrected chi connectivity index (χ2v) is 7.36. The summed E-state index contributed by atoms with van der Waals surface area (Å²) < 4.78 is 21.8. The normalized spacial score (nSPS) is 17.1. The van der Waals surface area contributed by atoms with Crippen molar-refractivity contribution >= 4 is 11.7 Å². The second-order valence-electron chi connectivity index (χ2n) is 7.36. The number of amides is 2. The standard InChI is InChI=1S/C20H26N4O5/c1-26-15-10-14(11-16(27-2)17(15)28-3)21-20(25)24-8-6-13(7-9-24)19-23-22-18(29-19)12-4-5-12/h10-13H,4-9H2,1-3H3,(H,21,25). The molecule has 4 rings (SSSR count). The van der Waals surface area contributed by atoms with Crippen molar-refractivity contribution < 1.29 is 23.4 Å². The SMILES string of the molecule is COc1cc(NC(=O)N2CCC(c3nnc(C4CC4)o3)CC2)cc(OC)c1OC. The number of benzene rings is 1. The third-order valence-corrected chi connectivity index (χ3v) is 5.43. The molecule has 9 nitrogen and oxygen atoms in total. The van der Waals surface area contributed by atoms with Gasteiger partial charge in [-0.3, -0.25) is 0 Å². The third-order valence-electron chi connectivity index (χ3n) is 5.43. The molecule has 2 amide bonds. The fourth-order valence-electron chi connectivity index (χ4n) is 3.59. The smallest absolute Gasteiger partial charge is 0.321 e. The number of rotatable bonds is 6. The molecule has 0 unspecified atom stereocenters. The molecule has 29 heavy (non-hydrogen) atoms. The average Bonchev–Trinajstić information content (AvgIpc) is 3.49. The van der Waals surface area contributed by atoms with Gasteiger partial charge in [-0.25, -0.2) is 4.79 Å². The van der Waals surface area contributed by atoms with Crippen molar-refractivity contribution in [1.82, 2.24) is 15.1 Å². The minimum absolute atomic E-state index is 0.165. The third kappa shape index (κ3) is 4.08. The lowest BCUT2D eigenvalue weighted by Crippen LogP contribution is -2.40.